The molecule has 1 aliphatic heterocycles. The molecular weight excluding hydrogens is 484 g/mol. The maximum Gasteiger partial charge on any atom is 0.257 e. The highest BCUT2D eigenvalue weighted by atomic mass is 35.5. The summed E-state index contributed by atoms with van der Waals surface area (Å²) in [5, 5.41) is 6.74. The number of anilines is 1. The Kier molecular flexibility index (Phi) is 8.38. The quantitative estimate of drug-likeness (QED) is 0.477. The van der Waals surface area contributed by atoms with Crippen LogP contribution in [-0.2, 0) is 19.5 Å². The average Bonchev–Trinajstić information content (AvgIpc) is 3.69. The lowest BCUT2D eigenvalue weighted by molar-refractivity contribution is 0.0950. The Morgan fingerprint density at radius 1 is 1.11 bits per heavy atom. The first-order valence-corrected chi connectivity index (χ1v) is 12.8. The molecular formula is C26H29ClN4O3S. The predicted octanol–water partition coefficient (Wildman–Crippen LogP) is 5.15. The van der Waals surface area contributed by atoms with Crippen LogP contribution in [0, 0.1) is 0 Å². The van der Waals surface area contributed by atoms with Crippen molar-refractivity contribution < 1.29 is 14.3 Å². The van der Waals surface area contributed by atoms with Crippen molar-refractivity contribution in [3.8, 4) is 5.75 Å². The molecule has 1 fully saturated rings. The summed E-state index contributed by atoms with van der Waals surface area (Å²) in [5.41, 5.74) is 2.82. The van der Waals surface area contributed by atoms with Gasteiger partial charge in [-0.15, -0.1) is 11.3 Å². The van der Waals surface area contributed by atoms with Crippen LogP contribution in [0.3, 0.4) is 0 Å². The van der Waals surface area contributed by atoms with Gasteiger partial charge in [0.05, 0.1) is 17.8 Å². The Bertz CT molecular complexity index is 1210. The molecule has 1 saturated carbocycles. The van der Waals surface area contributed by atoms with E-state index in [2.05, 4.69) is 27.6 Å². The normalized spacial score (nSPS) is 14.3. The number of benzene rings is 2. The Balaban J connectivity index is 0.000000894. The number of hydrogen-bond acceptors (Lipinski definition) is 6. The zero-order chi connectivity index (χ0) is 24.8. The van der Waals surface area contributed by atoms with E-state index in [1.54, 1.807) is 36.4 Å². The molecule has 2 aromatic carbocycles. The summed E-state index contributed by atoms with van der Waals surface area (Å²) in [6.45, 7) is 2.11. The minimum Gasteiger partial charge on any atom is -0.495 e. The van der Waals surface area contributed by atoms with Gasteiger partial charge in [0.15, 0.2) is 5.13 Å². The minimum atomic E-state index is -0.261. The number of ether oxygens (including phenoxy) is 1. The molecule has 0 radical (unpaired) electrons. The van der Waals surface area contributed by atoms with Crippen LogP contribution >= 0.6 is 22.9 Å². The number of nitrogens with one attached hydrogen (secondary N) is 2. The topological polar surface area (TPSA) is 83.6 Å². The van der Waals surface area contributed by atoms with E-state index in [1.165, 1.54) is 42.6 Å². The molecule has 2 aliphatic rings. The van der Waals surface area contributed by atoms with E-state index in [9.17, 15) is 9.59 Å². The summed E-state index contributed by atoms with van der Waals surface area (Å²) >= 11 is 7.62. The molecule has 35 heavy (non-hydrogen) atoms. The fourth-order valence-corrected chi connectivity index (χ4v) is 4.80. The number of aromatic nitrogens is 1. The van der Waals surface area contributed by atoms with Crippen LogP contribution in [0.15, 0.2) is 42.5 Å². The second-order valence-electron chi connectivity index (χ2n) is 8.62. The van der Waals surface area contributed by atoms with Crippen molar-refractivity contribution in [2.45, 2.75) is 38.8 Å². The van der Waals surface area contributed by atoms with Gasteiger partial charge in [0, 0.05) is 42.1 Å². The largest absolute Gasteiger partial charge is 0.495 e. The zero-order valence-electron chi connectivity index (χ0n) is 19.9. The summed E-state index contributed by atoms with van der Waals surface area (Å²) in [6.07, 6.45) is 5.40. The Labute approximate surface area is 214 Å². The zero-order valence-corrected chi connectivity index (χ0v) is 21.5. The second-order valence-corrected chi connectivity index (χ2v) is 10.1. The number of nitrogens with zero attached hydrogens (tertiary/aromatic N) is 2. The van der Waals surface area contributed by atoms with Crippen molar-refractivity contribution in [1.29, 1.82) is 0 Å². The highest BCUT2D eigenvalue weighted by molar-refractivity contribution is 7.15. The van der Waals surface area contributed by atoms with Crippen molar-refractivity contribution in [2.75, 3.05) is 26.0 Å². The third kappa shape index (κ3) is 7.04. The van der Waals surface area contributed by atoms with Gasteiger partial charge in [0.1, 0.15) is 5.75 Å². The van der Waals surface area contributed by atoms with Crippen molar-refractivity contribution in [3.05, 3.63) is 74.7 Å². The molecule has 2 N–H and O–H groups in total. The van der Waals surface area contributed by atoms with Gasteiger partial charge >= 0.3 is 0 Å². The fourth-order valence-electron chi connectivity index (χ4n) is 3.46. The molecule has 7 nitrogen and oxygen atoms in total. The number of carbonyl (C=O) groups excluding carboxylic acids is 2. The van der Waals surface area contributed by atoms with Crippen molar-refractivity contribution >= 4 is 39.9 Å². The molecule has 0 spiro atoms. The molecule has 1 aliphatic carbocycles. The van der Waals surface area contributed by atoms with E-state index in [1.807, 2.05) is 6.07 Å². The lowest BCUT2D eigenvalue weighted by Gasteiger charge is -2.20. The van der Waals surface area contributed by atoms with Gasteiger partial charge in [-0.25, -0.2) is 4.98 Å². The van der Waals surface area contributed by atoms with Crippen LogP contribution < -0.4 is 15.4 Å². The number of amides is 2. The van der Waals surface area contributed by atoms with Crippen LogP contribution in [0.2, 0.25) is 5.02 Å². The highest BCUT2D eigenvalue weighted by Gasteiger charge is 2.19. The molecule has 0 saturated heterocycles. The number of methoxy groups -OCH3 is 1. The summed E-state index contributed by atoms with van der Waals surface area (Å²) in [4.78, 5) is 33.2. The van der Waals surface area contributed by atoms with Gasteiger partial charge in [-0.1, -0.05) is 43.0 Å². The van der Waals surface area contributed by atoms with Crippen molar-refractivity contribution in [1.82, 2.24) is 15.2 Å². The summed E-state index contributed by atoms with van der Waals surface area (Å²) < 4.78 is 5.11. The van der Waals surface area contributed by atoms with E-state index in [-0.39, 0.29) is 18.4 Å². The van der Waals surface area contributed by atoms with Gasteiger partial charge in [-0.2, -0.15) is 0 Å². The standard InChI is InChI=1S/C23H23ClN4O3S.C3H6/c1-28-9-8-18-20(13-28)32-23(26-18)27-22(30)15-5-3-4-14(10-15)12-25-21(29)16-6-7-19(31-2)17(24)11-16;1-2-3-1/h3-7,10-11H,8-9,12-13H2,1-2H3,(H,25,29)(H,26,27,30);1-3H2. The number of likely N-dealkylation sites (N-methyl/N-ethyl adjacent to an activating group) is 1. The first-order valence-electron chi connectivity index (χ1n) is 11.6. The van der Waals surface area contributed by atoms with Gasteiger partial charge in [0.2, 0.25) is 0 Å². The summed E-state index contributed by atoms with van der Waals surface area (Å²) in [5.74, 6) is 0.0253. The Hall–Kier alpha value is -2.94. The molecule has 2 amide bonds. The van der Waals surface area contributed by atoms with Crippen molar-refractivity contribution in [2.24, 2.45) is 0 Å². The van der Waals surface area contributed by atoms with Gasteiger partial charge in [-0.05, 0) is 42.9 Å². The smallest absolute Gasteiger partial charge is 0.257 e. The van der Waals surface area contributed by atoms with Crippen LogP contribution in [0.25, 0.3) is 0 Å². The van der Waals surface area contributed by atoms with Gasteiger partial charge < -0.3 is 15.0 Å². The lowest BCUT2D eigenvalue weighted by Crippen LogP contribution is -2.25. The van der Waals surface area contributed by atoms with Gasteiger partial charge in [-0.3, -0.25) is 14.9 Å². The Morgan fingerprint density at radius 2 is 1.89 bits per heavy atom. The number of fused-ring (bicyclic) bond motifs is 1. The maximum atomic E-state index is 12.7. The molecule has 5 rings (SSSR count). The SMILES string of the molecule is C1CC1.COc1ccc(C(=O)NCc2cccc(C(=O)Nc3nc4c(s3)CN(C)CC4)c2)cc1Cl. The van der Waals surface area contributed by atoms with E-state index in [0.29, 0.717) is 27.0 Å². The number of halogens is 1. The van der Waals surface area contributed by atoms with E-state index in [4.69, 9.17) is 16.3 Å². The van der Waals surface area contributed by atoms with Crippen molar-refractivity contribution in [3.63, 3.8) is 0 Å². The highest BCUT2D eigenvalue weighted by Crippen LogP contribution is 2.28. The fraction of sp³-hybridized carbons (Fsp3) is 0.346. The number of carbonyl (C=O) groups is 2. The molecule has 1 aromatic heterocycles. The first-order chi connectivity index (χ1) is 16.9. The molecule has 2 heterocycles. The minimum absolute atomic E-state index is 0.223. The second kappa shape index (κ2) is 11.7. The number of rotatable bonds is 6. The third-order valence-corrected chi connectivity index (χ3v) is 6.85. The third-order valence-electron chi connectivity index (χ3n) is 5.55. The van der Waals surface area contributed by atoms with E-state index in [0.717, 1.165) is 30.8 Å². The number of hydrogen-bond donors (Lipinski definition) is 2. The van der Waals surface area contributed by atoms with Crippen LogP contribution in [0.4, 0.5) is 5.13 Å². The van der Waals surface area contributed by atoms with Gasteiger partial charge in [0.25, 0.3) is 11.8 Å². The van der Waals surface area contributed by atoms with E-state index < -0.39 is 0 Å². The molecule has 0 unspecified atom stereocenters. The first kappa shape index (κ1) is 25.2. The molecule has 9 heteroatoms. The summed E-state index contributed by atoms with van der Waals surface area (Å²) in [6, 6.07) is 12.0. The molecule has 0 atom stereocenters. The van der Waals surface area contributed by atoms with E-state index >= 15 is 0 Å². The number of thiazole rings is 1. The van der Waals surface area contributed by atoms with Crippen LogP contribution in [0.1, 0.15) is 56.1 Å². The monoisotopic (exact) mass is 512 g/mol. The molecule has 0 bridgehead atoms. The molecule has 184 valence electrons. The Morgan fingerprint density at radius 3 is 2.60 bits per heavy atom. The molecule has 3 aromatic rings. The summed E-state index contributed by atoms with van der Waals surface area (Å²) in [7, 11) is 3.60. The predicted molar refractivity (Wildman–Crippen MR) is 140 cm³/mol. The van der Waals surface area contributed by atoms with Crippen LogP contribution in [-0.4, -0.2) is 42.4 Å². The lowest BCUT2D eigenvalue weighted by atomic mass is 10.1. The average molecular weight is 513 g/mol. The maximum absolute atomic E-state index is 12.7. The van der Waals surface area contributed by atoms with Crippen LogP contribution in [0.5, 0.6) is 5.75 Å².